The lowest BCUT2D eigenvalue weighted by atomic mass is 10.0. The molecule has 0 spiro atoms. The molecule has 0 aliphatic carbocycles. The second-order valence-corrected chi connectivity index (χ2v) is 6.16. The maximum Gasteiger partial charge on any atom is 0.261 e. The zero-order chi connectivity index (χ0) is 19.1. The zero-order valence-electron chi connectivity index (χ0n) is 15.2. The molecule has 2 aromatic carbocycles. The lowest BCUT2D eigenvalue weighted by molar-refractivity contribution is 0.0947. The first-order valence-electron chi connectivity index (χ1n) is 8.85. The highest BCUT2D eigenvalue weighted by atomic mass is 16.5. The topological polar surface area (TPSA) is 71.2 Å². The summed E-state index contributed by atoms with van der Waals surface area (Å²) >= 11 is 0. The van der Waals surface area contributed by atoms with Gasteiger partial charge in [0, 0.05) is 26.0 Å². The van der Waals surface area contributed by atoms with E-state index >= 15 is 0 Å². The molecule has 2 N–H and O–H groups in total. The van der Waals surface area contributed by atoms with Gasteiger partial charge >= 0.3 is 0 Å². The summed E-state index contributed by atoms with van der Waals surface area (Å²) in [5.74, 6) is -0.377. The number of H-pyrrole nitrogens is 1. The van der Waals surface area contributed by atoms with E-state index in [-0.39, 0.29) is 11.5 Å². The Hall–Kier alpha value is -3.18. The number of rotatable bonds is 7. The van der Waals surface area contributed by atoms with E-state index in [0.717, 1.165) is 16.7 Å². The molecule has 1 aromatic heterocycles. The molecule has 0 bridgehead atoms. The van der Waals surface area contributed by atoms with Crippen molar-refractivity contribution in [2.45, 2.75) is 6.42 Å². The van der Waals surface area contributed by atoms with Crippen molar-refractivity contribution in [3.63, 3.8) is 0 Å². The number of aromatic nitrogens is 1. The smallest absolute Gasteiger partial charge is 0.261 e. The Balaban J connectivity index is 1.73. The van der Waals surface area contributed by atoms with Crippen molar-refractivity contribution in [2.75, 3.05) is 20.3 Å². The minimum atomic E-state index is -0.399. The molecule has 0 aliphatic rings. The number of aromatic amines is 1. The van der Waals surface area contributed by atoms with Crippen molar-refractivity contribution < 1.29 is 9.53 Å². The van der Waals surface area contributed by atoms with Gasteiger partial charge in [-0.15, -0.1) is 0 Å². The summed E-state index contributed by atoms with van der Waals surface area (Å²) in [5.41, 5.74) is 3.52. The fourth-order valence-corrected chi connectivity index (χ4v) is 2.81. The second-order valence-electron chi connectivity index (χ2n) is 6.16. The van der Waals surface area contributed by atoms with Crippen molar-refractivity contribution in [2.24, 2.45) is 0 Å². The van der Waals surface area contributed by atoms with Crippen LogP contribution < -0.4 is 10.9 Å². The number of nitrogens with one attached hydrogen (secondary N) is 2. The predicted octanol–water partition coefficient (Wildman–Crippen LogP) is 3.48. The van der Waals surface area contributed by atoms with Gasteiger partial charge in [0.2, 0.25) is 0 Å². The van der Waals surface area contributed by atoms with Crippen LogP contribution in [0.1, 0.15) is 16.8 Å². The molecule has 0 saturated carbocycles. The summed E-state index contributed by atoms with van der Waals surface area (Å²) in [5, 5.41) is 2.72. The highest BCUT2D eigenvalue weighted by Gasteiger charge is 2.11. The molecule has 1 amide bonds. The van der Waals surface area contributed by atoms with Gasteiger partial charge in [-0.1, -0.05) is 54.6 Å². The molecule has 0 radical (unpaired) electrons. The molecule has 0 fully saturated rings. The number of ether oxygens (including phenoxy) is 1. The van der Waals surface area contributed by atoms with Gasteiger partial charge in [-0.3, -0.25) is 9.59 Å². The summed E-state index contributed by atoms with van der Waals surface area (Å²) in [4.78, 5) is 27.2. The highest BCUT2D eigenvalue weighted by Crippen LogP contribution is 2.23. The molecular formula is C22H22N2O3. The average molecular weight is 362 g/mol. The van der Waals surface area contributed by atoms with Crippen LogP contribution in [0.4, 0.5) is 0 Å². The molecule has 5 heteroatoms. The number of carbonyl (C=O) groups is 1. The van der Waals surface area contributed by atoms with Crippen LogP contribution in [0.15, 0.2) is 71.5 Å². The maximum atomic E-state index is 12.3. The maximum absolute atomic E-state index is 12.3. The van der Waals surface area contributed by atoms with E-state index in [2.05, 4.69) is 22.4 Å². The Labute approximate surface area is 158 Å². The number of benzene rings is 2. The van der Waals surface area contributed by atoms with Crippen molar-refractivity contribution in [3.05, 3.63) is 82.6 Å². The molecule has 0 saturated heterocycles. The normalized spacial score (nSPS) is 10.6. The third-order valence-electron chi connectivity index (χ3n) is 4.27. The van der Waals surface area contributed by atoms with Crippen LogP contribution in [-0.4, -0.2) is 31.2 Å². The zero-order valence-corrected chi connectivity index (χ0v) is 15.2. The van der Waals surface area contributed by atoms with Crippen molar-refractivity contribution in [1.82, 2.24) is 10.3 Å². The number of hydrogen-bond acceptors (Lipinski definition) is 3. The molecule has 3 aromatic rings. The number of hydrogen-bond donors (Lipinski definition) is 2. The summed E-state index contributed by atoms with van der Waals surface area (Å²) in [7, 11) is 1.61. The Morgan fingerprint density at radius 1 is 0.926 bits per heavy atom. The quantitative estimate of drug-likeness (QED) is 0.632. The van der Waals surface area contributed by atoms with Gasteiger partial charge in [-0.05, 0) is 35.2 Å². The summed E-state index contributed by atoms with van der Waals surface area (Å²) in [6, 6.07) is 21.3. The van der Waals surface area contributed by atoms with Gasteiger partial charge in [-0.25, -0.2) is 0 Å². The monoisotopic (exact) mass is 362 g/mol. The minimum absolute atomic E-state index is 0.108. The molecule has 27 heavy (non-hydrogen) atoms. The van der Waals surface area contributed by atoms with E-state index in [1.54, 1.807) is 19.2 Å². The van der Waals surface area contributed by atoms with Crippen LogP contribution in [0.3, 0.4) is 0 Å². The van der Waals surface area contributed by atoms with E-state index < -0.39 is 5.56 Å². The van der Waals surface area contributed by atoms with Crippen LogP contribution in [0.5, 0.6) is 0 Å². The Morgan fingerprint density at radius 3 is 2.26 bits per heavy atom. The molecule has 0 atom stereocenters. The number of methoxy groups -OCH3 is 1. The average Bonchev–Trinajstić information content (AvgIpc) is 2.72. The van der Waals surface area contributed by atoms with Gasteiger partial charge in [-0.2, -0.15) is 0 Å². The molecular weight excluding hydrogens is 340 g/mol. The molecule has 138 valence electrons. The Bertz CT molecular complexity index is 947. The number of carbonyl (C=O) groups excluding carboxylic acids is 1. The van der Waals surface area contributed by atoms with Gasteiger partial charge in [0.25, 0.3) is 11.5 Å². The van der Waals surface area contributed by atoms with Crippen LogP contribution >= 0.6 is 0 Å². The second kappa shape index (κ2) is 8.96. The summed E-state index contributed by atoms with van der Waals surface area (Å²) < 4.78 is 4.94. The largest absolute Gasteiger partial charge is 0.385 e. The van der Waals surface area contributed by atoms with Crippen LogP contribution in [-0.2, 0) is 4.74 Å². The van der Waals surface area contributed by atoms with Crippen LogP contribution in [0.25, 0.3) is 22.4 Å². The van der Waals surface area contributed by atoms with Gasteiger partial charge in [0.1, 0.15) is 5.56 Å². The summed E-state index contributed by atoms with van der Waals surface area (Å²) in [6.45, 7) is 1.03. The predicted molar refractivity (Wildman–Crippen MR) is 107 cm³/mol. The van der Waals surface area contributed by atoms with E-state index in [1.807, 2.05) is 42.5 Å². The fraction of sp³-hybridized carbons (Fsp3) is 0.182. The first kappa shape index (κ1) is 18.6. The third kappa shape index (κ3) is 4.71. The van der Waals surface area contributed by atoms with Gasteiger partial charge in [0.15, 0.2) is 0 Å². The minimum Gasteiger partial charge on any atom is -0.385 e. The number of pyridine rings is 1. The first-order valence-corrected chi connectivity index (χ1v) is 8.85. The lowest BCUT2D eigenvalue weighted by Gasteiger charge is -2.07. The summed E-state index contributed by atoms with van der Waals surface area (Å²) in [6.07, 6.45) is 0.700. The molecule has 5 nitrogen and oxygen atoms in total. The standard InChI is InChI=1S/C22H22N2O3/c1-27-15-5-14-23-21(25)19-12-13-20(24-22(19)26)18-10-8-17(9-11-18)16-6-3-2-4-7-16/h2-4,6-13H,5,14-15H2,1H3,(H,23,25)(H,24,26). The van der Waals surface area contributed by atoms with Gasteiger partial charge in [0.05, 0.1) is 0 Å². The van der Waals surface area contributed by atoms with Crippen LogP contribution in [0, 0.1) is 0 Å². The molecule has 1 heterocycles. The van der Waals surface area contributed by atoms with E-state index in [4.69, 9.17) is 4.74 Å². The first-order chi connectivity index (χ1) is 13.2. The van der Waals surface area contributed by atoms with Gasteiger partial charge < -0.3 is 15.0 Å². The van der Waals surface area contributed by atoms with E-state index in [0.29, 0.717) is 25.3 Å². The molecule has 3 rings (SSSR count). The van der Waals surface area contributed by atoms with Crippen molar-refractivity contribution in [3.8, 4) is 22.4 Å². The fourth-order valence-electron chi connectivity index (χ4n) is 2.81. The Morgan fingerprint density at radius 2 is 1.59 bits per heavy atom. The SMILES string of the molecule is COCCCNC(=O)c1ccc(-c2ccc(-c3ccccc3)cc2)[nH]c1=O. The highest BCUT2D eigenvalue weighted by molar-refractivity contribution is 5.94. The number of amides is 1. The van der Waals surface area contributed by atoms with Crippen LogP contribution in [0.2, 0.25) is 0 Å². The molecule has 0 unspecified atom stereocenters. The molecule has 0 aliphatic heterocycles. The van der Waals surface area contributed by atoms with E-state index in [1.165, 1.54) is 0 Å². The van der Waals surface area contributed by atoms with Crippen molar-refractivity contribution >= 4 is 5.91 Å². The third-order valence-corrected chi connectivity index (χ3v) is 4.27. The van der Waals surface area contributed by atoms with E-state index in [9.17, 15) is 9.59 Å². The lowest BCUT2D eigenvalue weighted by Crippen LogP contribution is -2.30. The Kier molecular flexibility index (Phi) is 6.18. The van der Waals surface area contributed by atoms with Crippen molar-refractivity contribution in [1.29, 1.82) is 0 Å².